The normalized spacial score (nSPS) is 25.9. The smallest absolute Gasteiger partial charge is 0.270 e. The Kier molecular flexibility index (Phi) is 4.15. The van der Waals surface area contributed by atoms with Gasteiger partial charge in [0.1, 0.15) is 5.69 Å². The lowest BCUT2D eigenvalue weighted by Gasteiger charge is -2.20. The van der Waals surface area contributed by atoms with E-state index in [-0.39, 0.29) is 5.91 Å². The molecule has 1 aliphatic heterocycles. The summed E-state index contributed by atoms with van der Waals surface area (Å²) in [5.41, 5.74) is 2.02. The Morgan fingerprint density at radius 1 is 1.08 bits per heavy atom. The van der Waals surface area contributed by atoms with Gasteiger partial charge in [-0.1, -0.05) is 30.3 Å². The maximum Gasteiger partial charge on any atom is 0.270 e. The largest absolute Gasteiger partial charge is 0.374 e. The number of nitrogens with zero attached hydrogens (tertiary/aromatic N) is 2. The van der Waals surface area contributed by atoms with Gasteiger partial charge in [0.15, 0.2) is 0 Å². The molecule has 1 aliphatic carbocycles. The van der Waals surface area contributed by atoms with Gasteiger partial charge in [-0.3, -0.25) is 4.79 Å². The Balaban J connectivity index is 1.30. The maximum absolute atomic E-state index is 12.6. The van der Waals surface area contributed by atoms with Crippen LogP contribution < -0.4 is 0 Å². The summed E-state index contributed by atoms with van der Waals surface area (Å²) < 4.78 is 8.01. The molecule has 0 N–H and O–H groups in total. The van der Waals surface area contributed by atoms with Gasteiger partial charge in [-0.2, -0.15) is 0 Å². The molecule has 1 saturated heterocycles. The van der Waals surface area contributed by atoms with E-state index in [1.807, 2.05) is 40.9 Å². The molecule has 1 saturated carbocycles. The summed E-state index contributed by atoms with van der Waals surface area (Å²) in [6.07, 6.45) is 4.42. The second-order valence-corrected chi connectivity index (χ2v) is 7.12. The highest BCUT2D eigenvalue weighted by atomic mass is 16.5. The number of rotatable bonds is 4. The van der Waals surface area contributed by atoms with Gasteiger partial charge in [-0.25, -0.2) is 0 Å². The fourth-order valence-corrected chi connectivity index (χ4v) is 4.18. The van der Waals surface area contributed by atoms with E-state index in [0.29, 0.717) is 24.5 Å². The maximum atomic E-state index is 12.6. The topological polar surface area (TPSA) is 34.5 Å². The number of aromatic nitrogens is 1. The Bertz CT molecular complexity index is 695. The first kappa shape index (κ1) is 15.5. The first-order valence-electron chi connectivity index (χ1n) is 8.77. The van der Waals surface area contributed by atoms with E-state index in [4.69, 9.17) is 4.74 Å². The molecule has 126 valence electrons. The van der Waals surface area contributed by atoms with Gasteiger partial charge in [0.25, 0.3) is 5.91 Å². The quantitative estimate of drug-likeness (QED) is 0.866. The first-order valence-corrected chi connectivity index (χ1v) is 8.77. The molecule has 2 aliphatic rings. The van der Waals surface area contributed by atoms with Crippen molar-refractivity contribution in [1.82, 2.24) is 9.47 Å². The number of fused-ring (bicyclic) bond motifs is 1. The molecule has 24 heavy (non-hydrogen) atoms. The average molecular weight is 324 g/mol. The second-order valence-electron chi connectivity index (χ2n) is 7.12. The van der Waals surface area contributed by atoms with E-state index in [1.165, 1.54) is 5.56 Å². The van der Waals surface area contributed by atoms with Crippen LogP contribution >= 0.6 is 0 Å². The summed E-state index contributed by atoms with van der Waals surface area (Å²) in [6.45, 7) is 2.44. The zero-order valence-corrected chi connectivity index (χ0v) is 14.1. The van der Waals surface area contributed by atoms with Crippen molar-refractivity contribution in [1.29, 1.82) is 0 Å². The van der Waals surface area contributed by atoms with Crippen molar-refractivity contribution < 1.29 is 9.53 Å². The van der Waals surface area contributed by atoms with Gasteiger partial charge in [0.05, 0.1) is 12.7 Å². The predicted molar refractivity (Wildman–Crippen MR) is 92.5 cm³/mol. The minimum atomic E-state index is 0.165. The lowest BCUT2D eigenvalue weighted by atomic mass is 10.0. The van der Waals surface area contributed by atoms with Crippen LogP contribution in [-0.4, -0.2) is 34.6 Å². The fourth-order valence-electron chi connectivity index (χ4n) is 4.18. The van der Waals surface area contributed by atoms with Crippen molar-refractivity contribution in [2.45, 2.75) is 25.6 Å². The molecule has 1 aromatic heterocycles. The standard InChI is InChI=1S/C20H24N2O2/c1-21-9-5-8-19(21)20(23)22-12-16-10-18(11-17(16)13-22)24-14-15-6-3-2-4-7-15/h2-9,16-18H,10-14H2,1H3/t16-,17+,18?. The van der Waals surface area contributed by atoms with Crippen molar-refractivity contribution in [3.05, 3.63) is 59.9 Å². The van der Waals surface area contributed by atoms with E-state index in [1.54, 1.807) is 0 Å². The van der Waals surface area contributed by atoms with Crippen molar-refractivity contribution in [2.75, 3.05) is 13.1 Å². The van der Waals surface area contributed by atoms with Crippen LogP contribution in [-0.2, 0) is 18.4 Å². The molecule has 4 heteroatoms. The Morgan fingerprint density at radius 3 is 2.42 bits per heavy atom. The molecule has 2 aromatic rings. The molecule has 2 heterocycles. The molecule has 1 unspecified atom stereocenters. The average Bonchev–Trinajstić information content (AvgIpc) is 3.27. The number of aryl methyl sites for hydroxylation is 1. The van der Waals surface area contributed by atoms with Crippen LogP contribution in [0.15, 0.2) is 48.7 Å². The van der Waals surface area contributed by atoms with Crippen LogP contribution in [0.5, 0.6) is 0 Å². The summed E-state index contributed by atoms with van der Waals surface area (Å²) in [6, 6.07) is 14.2. The van der Waals surface area contributed by atoms with Gasteiger partial charge in [0, 0.05) is 26.3 Å². The third-order valence-corrected chi connectivity index (χ3v) is 5.49. The molecule has 1 aromatic carbocycles. The lowest BCUT2D eigenvalue weighted by Crippen LogP contribution is -2.31. The summed E-state index contributed by atoms with van der Waals surface area (Å²) in [5.74, 6) is 1.35. The van der Waals surface area contributed by atoms with E-state index >= 15 is 0 Å². The highest BCUT2D eigenvalue weighted by molar-refractivity contribution is 5.93. The fraction of sp³-hybridized carbons (Fsp3) is 0.450. The molecule has 4 nitrogen and oxygen atoms in total. The Morgan fingerprint density at radius 2 is 1.79 bits per heavy atom. The minimum Gasteiger partial charge on any atom is -0.374 e. The third-order valence-electron chi connectivity index (χ3n) is 5.49. The Hall–Kier alpha value is -2.07. The predicted octanol–water partition coefficient (Wildman–Crippen LogP) is 3.09. The van der Waals surface area contributed by atoms with E-state index in [9.17, 15) is 4.79 Å². The molecule has 0 bridgehead atoms. The van der Waals surface area contributed by atoms with Crippen LogP contribution in [0.2, 0.25) is 0 Å². The van der Waals surface area contributed by atoms with Gasteiger partial charge in [-0.15, -0.1) is 0 Å². The zero-order chi connectivity index (χ0) is 16.5. The van der Waals surface area contributed by atoms with Gasteiger partial charge < -0.3 is 14.2 Å². The molecule has 1 amide bonds. The van der Waals surface area contributed by atoms with Crippen LogP contribution in [0.4, 0.5) is 0 Å². The van der Waals surface area contributed by atoms with Crippen LogP contribution in [0.3, 0.4) is 0 Å². The summed E-state index contributed by atoms with van der Waals surface area (Å²) in [4.78, 5) is 14.7. The Labute approximate surface area is 143 Å². The van der Waals surface area contributed by atoms with E-state index in [0.717, 1.165) is 31.6 Å². The third kappa shape index (κ3) is 2.98. The number of hydrogen-bond acceptors (Lipinski definition) is 2. The monoisotopic (exact) mass is 324 g/mol. The lowest BCUT2D eigenvalue weighted by molar-refractivity contribution is 0.0367. The van der Waals surface area contributed by atoms with Crippen LogP contribution in [0.25, 0.3) is 0 Å². The van der Waals surface area contributed by atoms with E-state index < -0.39 is 0 Å². The summed E-state index contributed by atoms with van der Waals surface area (Å²) in [7, 11) is 1.93. The molecule has 3 atom stereocenters. The first-order chi connectivity index (χ1) is 11.7. The highest BCUT2D eigenvalue weighted by Crippen LogP contribution is 2.40. The minimum absolute atomic E-state index is 0.165. The van der Waals surface area contributed by atoms with Gasteiger partial charge in [-0.05, 0) is 42.4 Å². The molecule has 0 spiro atoms. The van der Waals surface area contributed by atoms with Crippen LogP contribution in [0.1, 0.15) is 28.9 Å². The molecular formula is C20H24N2O2. The molecule has 0 radical (unpaired) electrons. The summed E-state index contributed by atoms with van der Waals surface area (Å²) in [5, 5.41) is 0. The van der Waals surface area contributed by atoms with E-state index in [2.05, 4.69) is 24.3 Å². The number of likely N-dealkylation sites (tertiary alicyclic amines) is 1. The number of hydrogen-bond donors (Lipinski definition) is 0. The van der Waals surface area contributed by atoms with Crippen molar-refractivity contribution >= 4 is 5.91 Å². The summed E-state index contributed by atoms with van der Waals surface area (Å²) >= 11 is 0. The van der Waals surface area contributed by atoms with Crippen molar-refractivity contribution in [3.8, 4) is 0 Å². The second kappa shape index (κ2) is 6.44. The number of carbonyl (C=O) groups is 1. The van der Waals surface area contributed by atoms with Gasteiger partial charge in [0.2, 0.25) is 0 Å². The van der Waals surface area contributed by atoms with Crippen molar-refractivity contribution in [2.24, 2.45) is 18.9 Å². The molecule has 4 rings (SSSR count). The highest BCUT2D eigenvalue weighted by Gasteiger charge is 2.43. The molecular weight excluding hydrogens is 300 g/mol. The zero-order valence-electron chi connectivity index (χ0n) is 14.1. The van der Waals surface area contributed by atoms with Crippen molar-refractivity contribution in [3.63, 3.8) is 0 Å². The number of carbonyl (C=O) groups excluding carboxylic acids is 1. The number of ether oxygens (including phenoxy) is 1. The van der Waals surface area contributed by atoms with Gasteiger partial charge >= 0.3 is 0 Å². The molecule has 2 fully saturated rings. The SMILES string of the molecule is Cn1cccc1C(=O)N1C[C@H]2CC(OCc3ccccc3)C[C@H]2C1. The number of amides is 1. The number of benzene rings is 1. The van der Waals surface area contributed by atoms with Crippen LogP contribution in [0, 0.1) is 11.8 Å².